The van der Waals surface area contributed by atoms with Gasteiger partial charge in [-0.05, 0) is 55.0 Å². The smallest absolute Gasteiger partial charge is 0.243 e. The first-order valence-electron chi connectivity index (χ1n) is 10.7. The van der Waals surface area contributed by atoms with Crippen LogP contribution in [0.25, 0.3) is 11.0 Å². The zero-order valence-electron chi connectivity index (χ0n) is 18.6. The maximum Gasteiger partial charge on any atom is 0.243 e. The minimum atomic E-state index is -3.86. The number of hydrogen-bond acceptors (Lipinski definition) is 7. The summed E-state index contributed by atoms with van der Waals surface area (Å²) >= 11 is 1.65. The molecule has 0 spiro atoms. The molecule has 176 valence electrons. The first-order chi connectivity index (χ1) is 15.9. The summed E-state index contributed by atoms with van der Waals surface area (Å²) in [4.78, 5) is 14.1. The van der Waals surface area contributed by atoms with Crippen LogP contribution in [-0.4, -0.2) is 66.2 Å². The summed E-state index contributed by atoms with van der Waals surface area (Å²) in [5.74, 6) is -0.281. The molecule has 1 unspecified atom stereocenters. The van der Waals surface area contributed by atoms with Gasteiger partial charge in [-0.25, -0.2) is 13.1 Å². The van der Waals surface area contributed by atoms with E-state index in [9.17, 15) is 13.2 Å². The number of amides is 1. The van der Waals surface area contributed by atoms with E-state index in [1.807, 2.05) is 30.5 Å². The second-order valence-corrected chi connectivity index (χ2v) is 10.6. The Morgan fingerprint density at radius 1 is 1.24 bits per heavy atom. The molecule has 1 aliphatic rings. The topological polar surface area (TPSA) is 106 Å². The zero-order chi connectivity index (χ0) is 23.4. The van der Waals surface area contributed by atoms with Crippen molar-refractivity contribution in [2.45, 2.75) is 41.8 Å². The van der Waals surface area contributed by atoms with Gasteiger partial charge in [0.2, 0.25) is 15.9 Å². The first-order valence-corrected chi connectivity index (χ1v) is 13.3. The van der Waals surface area contributed by atoms with Crippen LogP contribution in [0.4, 0.5) is 0 Å². The molecule has 2 aromatic carbocycles. The van der Waals surface area contributed by atoms with E-state index in [0.717, 1.165) is 16.0 Å². The summed E-state index contributed by atoms with van der Waals surface area (Å²) < 4.78 is 34.8. The highest BCUT2D eigenvalue weighted by Crippen LogP contribution is 2.28. The van der Waals surface area contributed by atoms with Gasteiger partial charge >= 0.3 is 0 Å². The summed E-state index contributed by atoms with van der Waals surface area (Å²) in [5, 5.41) is 11.1. The van der Waals surface area contributed by atoms with Gasteiger partial charge in [0.15, 0.2) is 0 Å². The van der Waals surface area contributed by atoms with Crippen LogP contribution >= 0.6 is 11.8 Å². The molecule has 9 nitrogen and oxygen atoms in total. The zero-order valence-corrected chi connectivity index (χ0v) is 20.2. The Bertz CT molecular complexity index is 1230. The molecule has 3 aromatic rings. The normalized spacial score (nSPS) is 17.0. The lowest BCUT2D eigenvalue weighted by molar-refractivity contribution is -0.124. The summed E-state index contributed by atoms with van der Waals surface area (Å²) in [7, 11) is -2.25. The molecule has 0 radical (unpaired) electrons. The second-order valence-electron chi connectivity index (χ2n) is 7.80. The van der Waals surface area contributed by atoms with E-state index in [4.69, 9.17) is 4.74 Å². The van der Waals surface area contributed by atoms with E-state index >= 15 is 0 Å². The van der Waals surface area contributed by atoms with Crippen molar-refractivity contribution >= 4 is 38.7 Å². The number of nitrogens with one attached hydrogen (secondary N) is 1. The molecular weight excluding hydrogens is 462 g/mol. The van der Waals surface area contributed by atoms with Crippen LogP contribution in [0.15, 0.2) is 52.3 Å². The van der Waals surface area contributed by atoms with Crippen LogP contribution in [0, 0.1) is 0 Å². The van der Waals surface area contributed by atoms with Crippen molar-refractivity contribution < 1.29 is 17.9 Å². The van der Waals surface area contributed by atoms with Crippen LogP contribution in [0.3, 0.4) is 0 Å². The molecule has 2 heterocycles. The Hall–Kier alpha value is -2.47. The van der Waals surface area contributed by atoms with Gasteiger partial charge in [0, 0.05) is 25.1 Å². The number of benzene rings is 2. The van der Waals surface area contributed by atoms with E-state index in [-0.39, 0.29) is 10.8 Å². The van der Waals surface area contributed by atoms with Gasteiger partial charge in [-0.2, -0.15) is 4.31 Å². The van der Waals surface area contributed by atoms with Gasteiger partial charge in [-0.3, -0.25) is 4.79 Å². The van der Waals surface area contributed by atoms with E-state index in [1.54, 1.807) is 35.7 Å². The highest BCUT2D eigenvalue weighted by molar-refractivity contribution is 7.98. The second kappa shape index (κ2) is 10.2. The lowest BCUT2D eigenvalue weighted by Gasteiger charge is -2.23. The molecule has 1 aliphatic heterocycles. The third-order valence-corrected chi connectivity index (χ3v) is 8.38. The molecule has 1 saturated heterocycles. The van der Waals surface area contributed by atoms with Gasteiger partial charge in [0.05, 0.1) is 23.6 Å². The third-order valence-electron chi connectivity index (χ3n) is 5.73. The molecule has 11 heteroatoms. The Kier molecular flexibility index (Phi) is 7.32. The number of sulfonamides is 1. The van der Waals surface area contributed by atoms with Crippen molar-refractivity contribution in [3.8, 4) is 0 Å². The number of carbonyl (C=O) groups is 1. The lowest BCUT2D eigenvalue weighted by atomic mass is 10.2. The lowest BCUT2D eigenvalue weighted by Crippen LogP contribution is -2.45. The first kappa shape index (κ1) is 23.7. The summed E-state index contributed by atoms with van der Waals surface area (Å²) in [6, 6.07) is 12.0. The minimum absolute atomic E-state index is 0.112. The van der Waals surface area contributed by atoms with Gasteiger partial charge in [0.25, 0.3) is 0 Å². The van der Waals surface area contributed by atoms with Crippen LogP contribution in [0.2, 0.25) is 0 Å². The van der Waals surface area contributed by atoms with Crippen LogP contribution in [-0.2, 0) is 32.6 Å². The minimum Gasteiger partial charge on any atom is -0.383 e. The van der Waals surface area contributed by atoms with Gasteiger partial charge in [-0.1, -0.05) is 17.3 Å². The fourth-order valence-corrected chi connectivity index (χ4v) is 6.02. The predicted molar refractivity (Wildman–Crippen MR) is 126 cm³/mol. The van der Waals surface area contributed by atoms with E-state index in [2.05, 4.69) is 15.6 Å². The molecule has 1 N–H and O–H groups in total. The highest BCUT2D eigenvalue weighted by atomic mass is 32.2. The highest BCUT2D eigenvalue weighted by Gasteiger charge is 2.39. The van der Waals surface area contributed by atoms with E-state index < -0.39 is 16.1 Å². The van der Waals surface area contributed by atoms with Crippen molar-refractivity contribution in [2.24, 2.45) is 0 Å². The fraction of sp³-hybridized carbons (Fsp3) is 0.409. The molecule has 0 aliphatic carbocycles. The number of methoxy groups -OCH3 is 1. The average Bonchev–Trinajstić information content (AvgIpc) is 3.49. The molecule has 0 bridgehead atoms. The Morgan fingerprint density at radius 3 is 2.76 bits per heavy atom. The summed E-state index contributed by atoms with van der Waals surface area (Å²) in [6.07, 6.45) is 3.13. The number of rotatable bonds is 9. The molecule has 1 amide bonds. The number of carbonyl (C=O) groups excluding carboxylic acids is 1. The Labute approximate surface area is 197 Å². The molecule has 0 saturated carbocycles. The fourth-order valence-electron chi connectivity index (χ4n) is 3.93. The van der Waals surface area contributed by atoms with E-state index in [1.165, 1.54) is 10.4 Å². The monoisotopic (exact) mass is 489 g/mol. The molecule has 1 atom stereocenters. The summed E-state index contributed by atoms with van der Waals surface area (Å²) in [6.45, 7) is 1.66. The van der Waals surface area contributed by atoms with Crippen LogP contribution < -0.4 is 5.32 Å². The van der Waals surface area contributed by atoms with Crippen molar-refractivity contribution in [2.75, 3.05) is 26.5 Å². The number of aromatic nitrogens is 3. The third kappa shape index (κ3) is 5.06. The number of nitrogens with zero attached hydrogens (tertiary/aromatic N) is 4. The predicted octanol–water partition coefficient (Wildman–Crippen LogP) is 2.27. The maximum atomic E-state index is 13.4. The quantitative estimate of drug-likeness (QED) is 0.460. The molecular formula is C22H27N5O4S2. The van der Waals surface area contributed by atoms with Crippen LogP contribution in [0.5, 0.6) is 0 Å². The maximum absolute atomic E-state index is 13.4. The largest absolute Gasteiger partial charge is 0.383 e. The van der Waals surface area contributed by atoms with Crippen molar-refractivity contribution in [3.05, 3.63) is 48.0 Å². The van der Waals surface area contributed by atoms with Crippen molar-refractivity contribution in [1.82, 2.24) is 24.6 Å². The SMILES string of the molecule is COCCn1nnc2cc(S(=O)(=O)N3CCCC3C(=O)NCc3ccc(SC)cc3)ccc21. The standard InChI is InChI=1S/C22H27N5O4S2/c1-31-13-12-26-20-10-9-18(14-19(20)24-25-26)33(29,30)27-11-3-4-21(27)22(28)23-15-16-5-7-17(32-2)8-6-16/h5-10,14,21H,3-4,11-13,15H2,1-2H3,(H,23,28). The van der Waals surface area contributed by atoms with Crippen molar-refractivity contribution in [1.29, 1.82) is 0 Å². The van der Waals surface area contributed by atoms with Gasteiger partial charge < -0.3 is 10.1 Å². The molecule has 1 aromatic heterocycles. The molecule has 1 fully saturated rings. The summed E-state index contributed by atoms with van der Waals surface area (Å²) in [5.41, 5.74) is 2.19. The van der Waals surface area contributed by atoms with E-state index in [0.29, 0.717) is 44.6 Å². The van der Waals surface area contributed by atoms with Gasteiger partial charge in [0.1, 0.15) is 11.6 Å². The molecule has 33 heavy (non-hydrogen) atoms. The van der Waals surface area contributed by atoms with Crippen LogP contribution in [0.1, 0.15) is 18.4 Å². The number of ether oxygens (including phenoxy) is 1. The average molecular weight is 490 g/mol. The number of thioether (sulfide) groups is 1. The molecule has 4 rings (SSSR count). The number of hydrogen-bond donors (Lipinski definition) is 1. The Morgan fingerprint density at radius 2 is 2.03 bits per heavy atom. The number of fused-ring (bicyclic) bond motifs is 1. The van der Waals surface area contributed by atoms with Gasteiger partial charge in [-0.15, -0.1) is 16.9 Å². The Balaban J connectivity index is 1.48. The van der Waals surface area contributed by atoms with Crippen molar-refractivity contribution in [3.63, 3.8) is 0 Å².